The van der Waals surface area contributed by atoms with Crippen molar-refractivity contribution in [2.45, 2.75) is 39.8 Å². The minimum Gasteiger partial charge on any atom is -0.297 e. The minimum absolute atomic E-state index is 0.577. The zero-order valence-corrected chi connectivity index (χ0v) is 10.5. The van der Waals surface area contributed by atoms with E-state index in [4.69, 9.17) is 11.6 Å². The van der Waals surface area contributed by atoms with Gasteiger partial charge in [0, 0.05) is 18.8 Å². The smallest absolute Gasteiger partial charge is 0.129 e. The number of hydrogen-bond acceptors (Lipinski definition) is 2. The van der Waals surface area contributed by atoms with Gasteiger partial charge in [-0.05, 0) is 37.6 Å². The Bertz CT molecular complexity index is 301. The number of halogens is 1. The molecule has 84 valence electrons. The molecule has 1 atom stereocenters. The lowest BCUT2D eigenvalue weighted by atomic mass is 10.2. The second-order valence-corrected chi connectivity index (χ2v) is 4.19. The second kappa shape index (κ2) is 6.09. The molecule has 0 aromatic carbocycles. The van der Waals surface area contributed by atoms with Crippen LogP contribution in [0.25, 0.3) is 0 Å². The van der Waals surface area contributed by atoms with Crippen LogP contribution in [0.5, 0.6) is 0 Å². The van der Waals surface area contributed by atoms with Crippen molar-refractivity contribution in [3.8, 4) is 0 Å². The van der Waals surface area contributed by atoms with Crippen molar-refractivity contribution in [3.05, 3.63) is 29.0 Å². The van der Waals surface area contributed by atoms with Crippen LogP contribution < -0.4 is 0 Å². The van der Waals surface area contributed by atoms with E-state index in [1.165, 1.54) is 12.0 Å². The lowest BCUT2D eigenvalue weighted by molar-refractivity contribution is 0.206. The number of aromatic nitrogens is 1. The summed E-state index contributed by atoms with van der Waals surface area (Å²) in [6, 6.07) is 4.57. The monoisotopic (exact) mass is 226 g/mol. The highest BCUT2D eigenvalue weighted by molar-refractivity contribution is 6.29. The Kier molecular flexibility index (Phi) is 5.06. The molecule has 15 heavy (non-hydrogen) atoms. The van der Waals surface area contributed by atoms with E-state index < -0.39 is 0 Å². The Morgan fingerprint density at radius 2 is 2.20 bits per heavy atom. The Balaban J connectivity index is 2.66. The van der Waals surface area contributed by atoms with Crippen LogP contribution in [0.3, 0.4) is 0 Å². The molecule has 2 nitrogen and oxygen atoms in total. The maximum absolute atomic E-state index is 5.86. The first-order valence-corrected chi connectivity index (χ1v) is 5.89. The number of hydrogen-bond donors (Lipinski definition) is 0. The van der Waals surface area contributed by atoms with Gasteiger partial charge in [0.2, 0.25) is 0 Å². The lowest BCUT2D eigenvalue weighted by Crippen LogP contribution is -2.31. The largest absolute Gasteiger partial charge is 0.297 e. The van der Waals surface area contributed by atoms with Crippen molar-refractivity contribution < 1.29 is 0 Å². The van der Waals surface area contributed by atoms with E-state index in [-0.39, 0.29) is 0 Å². The van der Waals surface area contributed by atoms with Crippen LogP contribution in [-0.4, -0.2) is 22.5 Å². The van der Waals surface area contributed by atoms with Crippen LogP contribution in [-0.2, 0) is 6.54 Å². The van der Waals surface area contributed by atoms with Gasteiger partial charge in [-0.1, -0.05) is 25.4 Å². The summed E-state index contributed by atoms with van der Waals surface area (Å²) in [7, 11) is 0. The molecule has 0 aliphatic heterocycles. The van der Waals surface area contributed by atoms with Gasteiger partial charge >= 0.3 is 0 Å². The molecule has 1 aromatic heterocycles. The molecule has 0 aliphatic carbocycles. The maximum atomic E-state index is 5.86. The average molecular weight is 227 g/mol. The normalized spacial score (nSPS) is 13.1. The fourth-order valence-electron chi connectivity index (χ4n) is 1.61. The zero-order valence-electron chi connectivity index (χ0n) is 9.70. The van der Waals surface area contributed by atoms with Gasteiger partial charge in [-0.25, -0.2) is 4.98 Å². The second-order valence-electron chi connectivity index (χ2n) is 3.81. The molecule has 0 radical (unpaired) electrons. The summed E-state index contributed by atoms with van der Waals surface area (Å²) in [5.74, 6) is 0. The van der Waals surface area contributed by atoms with Crippen LogP contribution in [0.15, 0.2) is 18.3 Å². The fraction of sp³-hybridized carbons (Fsp3) is 0.583. The number of pyridine rings is 1. The van der Waals surface area contributed by atoms with Crippen LogP contribution >= 0.6 is 11.6 Å². The van der Waals surface area contributed by atoms with Crippen molar-refractivity contribution in [1.82, 2.24) is 9.88 Å². The molecule has 0 spiro atoms. The van der Waals surface area contributed by atoms with Gasteiger partial charge in [0.05, 0.1) is 0 Å². The Morgan fingerprint density at radius 3 is 2.73 bits per heavy atom. The van der Waals surface area contributed by atoms with Crippen molar-refractivity contribution in [1.29, 1.82) is 0 Å². The first-order valence-electron chi connectivity index (χ1n) is 5.51. The topological polar surface area (TPSA) is 16.1 Å². The maximum Gasteiger partial charge on any atom is 0.129 e. The minimum atomic E-state index is 0.577. The Labute approximate surface area is 97.3 Å². The molecule has 0 fully saturated rings. The Hall–Kier alpha value is -0.600. The fourth-order valence-corrected chi connectivity index (χ4v) is 1.81. The van der Waals surface area contributed by atoms with Gasteiger partial charge in [-0.15, -0.1) is 0 Å². The van der Waals surface area contributed by atoms with Gasteiger partial charge < -0.3 is 0 Å². The summed E-state index contributed by atoms with van der Waals surface area (Å²) in [6.45, 7) is 8.68. The molecule has 0 saturated heterocycles. The third-order valence-electron chi connectivity index (χ3n) is 2.80. The van der Waals surface area contributed by atoms with Gasteiger partial charge in [0.15, 0.2) is 0 Å². The van der Waals surface area contributed by atoms with Gasteiger partial charge in [-0.2, -0.15) is 0 Å². The average Bonchev–Trinajstić information content (AvgIpc) is 2.25. The van der Waals surface area contributed by atoms with E-state index in [1.54, 1.807) is 6.20 Å². The lowest BCUT2D eigenvalue weighted by Gasteiger charge is -2.26. The van der Waals surface area contributed by atoms with E-state index in [0.717, 1.165) is 13.1 Å². The summed E-state index contributed by atoms with van der Waals surface area (Å²) in [5, 5.41) is 0.577. The van der Waals surface area contributed by atoms with Gasteiger partial charge in [0.1, 0.15) is 5.15 Å². The van der Waals surface area contributed by atoms with E-state index in [1.807, 2.05) is 12.1 Å². The molecule has 0 bridgehead atoms. The zero-order chi connectivity index (χ0) is 11.3. The standard InChI is InChI=1S/C12H19ClN2/c1-4-10(3)15(5-2)9-11-6-7-14-12(13)8-11/h6-8,10H,4-5,9H2,1-3H3. The van der Waals surface area contributed by atoms with Crippen molar-refractivity contribution in [2.24, 2.45) is 0 Å². The molecule has 1 aromatic rings. The Morgan fingerprint density at radius 1 is 1.47 bits per heavy atom. The third-order valence-corrected chi connectivity index (χ3v) is 3.00. The molecule has 1 unspecified atom stereocenters. The third kappa shape index (κ3) is 3.80. The molecule has 1 rings (SSSR count). The van der Waals surface area contributed by atoms with Crippen LogP contribution in [0.4, 0.5) is 0 Å². The SMILES string of the molecule is CCC(C)N(CC)Cc1ccnc(Cl)c1. The molecule has 3 heteroatoms. The predicted octanol–water partition coefficient (Wildman–Crippen LogP) is 3.36. The summed E-state index contributed by atoms with van der Waals surface area (Å²) < 4.78 is 0. The molecular formula is C12H19ClN2. The predicted molar refractivity (Wildman–Crippen MR) is 65.1 cm³/mol. The summed E-state index contributed by atoms with van der Waals surface area (Å²) in [5.41, 5.74) is 1.23. The first kappa shape index (κ1) is 12.5. The van der Waals surface area contributed by atoms with Gasteiger partial charge in [-0.3, -0.25) is 4.90 Å². The van der Waals surface area contributed by atoms with Crippen molar-refractivity contribution >= 4 is 11.6 Å². The molecular weight excluding hydrogens is 208 g/mol. The molecule has 0 N–H and O–H groups in total. The quantitative estimate of drug-likeness (QED) is 0.716. The number of rotatable bonds is 5. The summed E-state index contributed by atoms with van der Waals surface area (Å²) >= 11 is 5.86. The number of nitrogens with zero attached hydrogens (tertiary/aromatic N) is 2. The molecule has 0 amide bonds. The van der Waals surface area contributed by atoms with Crippen LogP contribution in [0.2, 0.25) is 5.15 Å². The molecule has 1 heterocycles. The van der Waals surface area contributed by atoms with Crippen LogP contribution in [0.1, 0.15) is 32.8 Å². The highest BCUT2D eigenvalue weighted by atomic mass is 35.5. The highest BCUT2D eigenvalue weighted by Gasteiger charge is 2.10. The first-order chi connectivity index (χ1) is 7.17. The van der Waals surface area contributed by atoms with E-state index in [9.17, 15) is 0 Å². The van der Waals surface area contributed by atoms with E-state index in [2.05, 4.69) is 30.7 Å². The van der Waals surface area contributed by atoms with Crippen molar-refractivity contribution in [3.63, 3.8) is 0 Å². The molecule has 0 aliphatic rings. The van der Waals surface area contributed by atoms with Gasteiger partial charge in [0.25, 0.3) is 0 Å². The van der Waals surface area contributed by atoms with E-state index in [0.29, 0.717) is 11.2 Å². The highest BCUT2D eigenvalue weighted by Crippen LogP contribution is 2.12. The summed E-state index contributed by atoms with van der Waals surface area (Å²) in [6.07, 6.45) is 2.94. The molecule has 0 saturated carbocycles. The van der Waals surface area contributed by atoms with E-state index >= 15 is 0 Å². The van der Waals surface area contributed by atoms with Crippen molar-refractivity contribution in [2.75, 3.05) is 6.54 Å². The summed E-state index contributed by atoms with van der Waals surface area (Å²) in [4.78, 5) is 6.42. The van der Waals surface area contributed by atoms with Crippen LogP contribution in [0, 0.1) is 0 Å².